The van der Waals surface area contributed by atoms with Crippen LogP contribution in [0.2, 0.25) is 0 Å². The monoisotopic (exact) mass is 381 g/mol. The molecule has 27 heavy (non-hydrogen) atoms. The molecule has 1 heterocycles. The summed E-state index contributed by atoms with van der Waals surface area (Å²) in [6.45, 7) is 0. The Morgan fingerprint density at radius 1 is 1.15 bits per heavy atom. The van der Waals surface area contributed by atoms with Crippen LogP contribution in [0, 0.1) is 17.8 Å². The summed E-state index contributed by atoms with van der Waals surface area (Å²) < 4.78 is 0. The van der Waals surface area contributed by atoms with E-state index in [4.69, 9.17) is 5.73 Å². The molecule has 5 heteroatoms. The third-order valence-corrected chi connectivity index (χ3v) is 7.76. The van der Waals surface area contributed by atoms with Gasteiger partial charge in [-0.15, -0.1) is 11.3 Å². The van der Waals surface area contributed by atoms with E-state index in [1.807, 2.05) is 23.6 Å². The van der Waals surface area contributed by atoms with Crippen molar-refractivity contribution in [3.63, 3.8) is 0 Å². The van der Waals surface area contributed by atoms with Crippen LogP contribution in [0.15, 0.2) is 35.7 Å². The lowest BCUT2D eigenvalue weighted by Gasteiger charge is -2.56. The van der Waals surface area contributed by atoms with E-state index in [9.17, 15) is 4.79 Å². The lowest BCUT2D eigenvalue weighted by molar-refractivity contribution is -0.0167. The lowest BCUT2D eigenvalue weighted by atomic mass is 9.53. The molecule has 1 aromatic carbocycles. The summed E-state index contributed by atoms with van der Waals surface area (Å²) in [4.78, 5) is 17.5. The molecular weight excluding hydrogens is 354 g/mol. The molecular formula is C22H27N3OS. The van der Waals surface area contributed by atoms with Crippen LogP contribution in [0.3, 0.4) is 0 Å². The van der Waals surface area contributed by atoms with Gasteiger partial charge >= 0.3 is 0 Å². The van der Waals surface area contributed by atoms with Crippen LogP contribution in [0.25, 0.3) is 0 Å². The summed E-state index contributed by atoms with van der Waals surface area (Å²) in [6.07, 6.45) is 8.36. The van der Waals surface area contributed by atoms with Gasteiger partial charge < -0.3 is 11.1 Å². The van der Waals surface area contributed by atoms with E-state index in [1.165, 1.54) is 36.2 Å². The van der Waals surface area contributed by atoms with Crippen molar-refractivity contribution in [1.29, 1.82) is 0 Å². The van der Waals surface area contributed by atoms with Gasteiger partial charge in [0, 0.05) is 10.9 Å². The average Bonchev–Trinajstić information content (AvgIpc) is 3.11. The molecule has 3 N–H and O–H groups in total. The highest BCUT2D eigenvalue weighted by molar-refractivity contribution is 7.09. The molecule has 0 saturated heterocycles. The van der Waals surface area contributed by atoms with E-state index in [0.29, 0.717) is 5.69 Å². The highest BCUT2D eigenvalue weighted by Gasteiger charge is 2.51. The largest absolute Gasteiger partial charge is 0.345 e. The number of benzene rings is 1. The van der Waals surface area contributed by atoms with Gasteiger partial charge in [0.25, 0.3) is 5.91 Å². The number of rotatable bonds is 5. The van der Waals surface area contributed by atoms with Crippen LogP contribution in [0.5, 0.6) is 0 Å². The molecule has 0 spiro atoms. The smallest absolute Gasteiger partial charge is 0.271 e. The van der Waals surface area contributed by atoms with Gasteiger partial charge in [0.05, 0.1) is 6.04 Å². The number of thiazole rings is 1. The van der Waals surface area contributed by atoms with E-state index in [0.717, 1.165) is 48.4 Å². The van der Waals surface area contributed by atoms with Gasteiger partial charge in [-0.1, -0.05) is 30.3 Å². The second-order valence-corrected chi connectivity index (χ2v) is 9.91. The van der Waals surface area contributed by atoms with Crippen LogP contribution in [-0.4, -0.2) is 16.4 Å². The quantitative estimate of drug-likeness (QED) is 0.820. The lowest BCUT2D eigenvalue weighted by Crippen LogP contribution is -2.59. The van der Waals surface area contributed by atoms with Crippen LogP contribution < -0.4 is 11.1 Å². The molecule has 4 aliphatic carbocycles. The Labute approximate surface area is 164 Å². The van der Waals surface area contributed by atoms with E-state index in [1.54, 1.807) is 0 Å². The predicted octanol–water partition coefficient (Wildman–Crippen LogP) is 4.08. The van der Waals surface area contributed by atoms with Gasteiger partial charge in [-0.25, -0.2) is 4.98 Å². The van der Waals surface area contributed by atoms with Crippen molar-refractivity contribution < 1.29 is 4.79 Å². The zero-order valence-corrected chi connectivity index (χ0v) is 16.4. The Bertz CT molecular complexity index is 796. The van der Waals surface area contributed by atoms with Crippen LogP contribution >= 0.6 is 11.3 Å². The number of nitrogens with two attached hydrogens (primary N) is 1. The summed E-state index contributed by atoms with van der Waals surface area (Å²) in [7, 11) is 0. The normalized spacial score (nSPS) is 32.4. The van der Waals surface area contributed by atoms with Gasteiger partial charge in [0.1, 0.15) is 10.7 Å². The third-order valence-electron chi connectivity index (χ3n) is 6.79. The number of carbonyl (C=O) groups is 1. The Hall–Kier alpha value is -1.72. The topological polar surface area (TPSA) is 68.0 Å². The standard InChI is InChI=1S/C22H27N3OS/c23-18(9-14-4-2-1-3-5-14)21-24-19(13-27-21)20(26)25-22-10-15-6-16(11-22)8-17(7-15)12-22/h1-5,13,15-18H,6-12,23H2,(H,25,26). The third kappa shape index (κ3) is 3.43. The summed E-state index contributed by atoms with van der Waals surface area (Å²) >= 11 is 1.50. The number of nitrogens with one attached hydrogen (secondary N) is 1. The molecule has 0 radical (unpaired) electrons. The summed E-state index contributed by atoms with van der Waals surface area (Å²) in [5.41, 5.74) is 8.10. The van der Waals surface area contributed by atoms with Crippen molar-refractivity contribution in [2.24, 2.45) is 23.5 Å². The molecule has 2 aromatic rings. The van der Waals surface area contributed by atoms with Gasteiger partial charge in [-0.2, -0.15) is 0 Å². The molecule has 6 rings (SSSR count). The van der Waals surface area contributed by atoms with E-state index >= 15 is 0 Å². The maximum Gasteiger partial charge on any atom is 0.271 e. The first-order valence-corrected chi connectivity index (χ1v) is 11.0. The van der Waals surface area contributed by atoms with Crippen molar-refractivity contribution in [2.75, 3.05) is 0 Å². The number of hydrogen-bond donors (Lipinski definition) is 2. The van der Waals surface area contributed by atoms with E-state index < -0.39 is 0 Å². The molecule has 142 valence electrons. The number of carbonyl (C=O) groups excluding carboxylic acids is 1. The Balaban J connectivity index is 1.26. The van der Waals surface area contributed by atoms with Crippen molar-refractivity contribution in [2.45, 2.75) is 56.5 Å². The number of nitrogens with zero attached hydrogens (tertiary/aromatic N) is 1. The van der Waals surface area contributed by atoms with Crippen LogP contribution in [-0.2, 0) is 6.42 Å². The summed E-state index contributed by atoms with van der Waals surface area (Å²) in [5.74, 6) is 2.46. The zero-order chi connectivity index (χ0) is 18.4. The molecule has 1 aromatic heterocycles. The first kappa shape index (κ1) is 17.4. The fourth-order valence-corrected chi connectivity index (χ4v) is 6.89. The fraction of sp³-hybridized carbons (Fsp3) is 0.545. The molecule has 1 unspecified atom stereocenters. The fourth-order valence-electron chi connectivity index (χ4n) is 6.09. The second kappa shape index (κ2) is 6.71. The highest BCUT2D eigenvalue weighted by atomic mass is 32.1. The molecule has 4 bridgehead atoms. The van der Waals surface area contributed by atoms with Gasteiger partial charge in [-0.05, 0) is 68.3 Å². The molecule has 1 amide bonds. The Kier molecular flexibility index (Phi) is 4.32. The molecule has 4 aliphatic rings. The average molecular weight is 382 g/mol. The zero-order valence-electron chi connectivity index (χ0n) is 15.6. The number of amides is 1. The van der Waals surface area contributed by atoms with Crippen molar-refractivity contribution in [3.8, 4) is 0 Å². The molecule has 4 saturated carbocycles. The summed E-state index contributed by atoms with van der Waals surface area (Å²) in [5, 5.41) is 6.12. The minimum Gasteiger partial charge on any atom is -0.345 e. The highest BCUT2D eigenvalue weighted by Crippen LogP contribution is 2.55. The van der Waals surface area contributed by atoms with Gasteiger partial charge in [0.2, 0.25) is 0 Å². The van der Waals surface area contributed by atoms with Gasteiger partial charge in [0.15, 0.2) is 0 Å². The predicted molar refractivity (Wildman–Crippen MR) is 108 cm³/mol. The summed E-state index contributed by atoms with van der Waals surface area (Å²) in [6, 6.07) is 10.0. The molecule has 1 atom stereocenters. The number of aromatic nitrogens is 1. The maximum atomic E-state index is 12.9. The SMILES string of the molecule is NC(Cc1ccccc1)c1nc(C(=O)NC23CC4CC(CC(C4)C2)C3)cs1. The minimum atomic E-state index is -0.168. The Morgan fingerprint density at radius 3 is 2.41 bits per heavy atom. The molecule has 4 fully saturated rings. The van der Waals surface area contributed by atoms with Crippen molar-refractivity contribution in [3.05, 3.63) is 52.0 Å². The van der Waals surface area contributed by atoms with Crippen molar-refractivity contribution >= 4 is 17.2 Å². The first-order chi connectivity index (χ1) is 13.1. The Morgan fingerprint density at radius 2 is 1.78 bits per heavy atom. The van der Waals surface area contributed by atoms with Gasteiger partial charge in [-0.3, -0.25) is 4.79 Å². The minimum absolute atomic E-state index is 0.00800. The van der Waals surface area contributed by atoms with Crippen LogP contribution in [0.4, 0.5) is 0 Å². The molecule has 0 aliphatic heterocycles. The van der Waals surface area contributed by atoms with E-state index in [2.05, 4.69) is 22.4 Å². The molecule has 4 nitrogen and oxygen atoms in total. The maximum absolute atomic E-state index is 12.9. The van der Waals surface area contributed by atoms with E-state index in [-0.39, 0.29) is 17.5 Å². The second-order valence-electron chi connectivity index (χ2n) is 9.02. The van der Waals surface area contributed by atoms with Crippen molar-refractivity contribution in [1.82, 2.24) is 10.3 Å². The number of hydrogen-bond acceptors (Lipinski definition) is 4. The first-order valence-electron chi connectivity index (χ1n) is 10.2. The van der Waals surface area contributed by atoms with Crippen LogP contribution in [0.1, 0.15) is 65.6 Å².